The predicted octanol–water partition coefficient (Wildman–Crippen LogP) is 1.50. The minimum atomic E-state index is -2.22. The number of hydrogen-bond donors (Lipinski definition) is 0. The number of hydrogen-bond acceptors (Lipinski definition) is 2. The Bertz CT molecular complexity index is 60.0. The molecule has 0 aliphatic carbocycles. The molecule has 0 amide bonds. The average Bonchev–Trinajstić information content (AvgIpc) is 1.63. The van der Waals surface area contributed by atoms with E-state index < -0.39 is 5.76 Å². The molecular formula is C5H11F2NS. The molecule has 0 atom stereocenters. The normalized spacial score (nSPS) is 11.3. The van der Waals surface area contributed by atoms with Gasteiger partial charge in [-0.2, -0.15) is 8.78 Å². The standard InChI is InChI=1S/C5H11F2NS/c1-8(2)3-4-9-5(6)7/h5H,3-4H2,1-2H3. The first-order valence-corrected chi connectivity index (χ1v) is 3.72. The smallest absolute Gasteiger partial charge is 0.284 e. The van der Waals surface area contributed by atoms with Gasteiger partial charge in [-0.25, -0.2) is 0 Å². The SMILES string of the molecule is CN(C)CCSC(F)F. The van der Waals surface area contributed by atoms with Crippen LogP contribution < -0.4 is 0 Å². The monoisotopic (exact) mass is 155 g/mol. The molecule has 9 heavy (non-hydrogen) atoms. The Balaban J connectivity index is 2.91. The highest BCUT2D eigenvalue weighted by molar-refractivity contribution is 7.99. The topological polar surface area (TPSA) is 3.24 Å². The van der Waals surface area contributed by atoms with Gasteiger partial charge in [0.2, 0.25) is 0 Å². The van der Waals surface area contributed by atoms with E-state index in [1.54, 1.807) is 0 Å². The van der Waals surface area contributed by atoms with E-state index in [0.29, 0.717) is 17.5 Å². The lowest BCUT2D eigenvalue weighted by molar-refractivity contribution is 0.251. The minimum Gasteiger partial charge on any atom is -0.309 e. The third kappa shape index (κ3) is 8.17. The average molecular weight is 155 g/mol. The van der Waals surface area contributed by atoms with E-state index in [1.165, 1.54) is 0 Å². The molecule has 0 bridgehead atoms. The maximum atomic E-state index is 11.4. The molecule has 0 unspecified atom stereocenters. The van der Waals surface area contributed by atoms with Crippen molar-refractivity contribution in [1.82, 2.24) is 4.90 Å². The molecule has 4 heteroatoms. The molecule has 0 saturated heterocycles. The van der Waals surface area contributed by atoms with Gasteiger partial charge in [-0.1, -0.05) is 11.8 Å². The first-order chi connectivity index (χ1) is 4.13. The summed E-state index contributed by atoms with van der Waals surface area (Å²) in [6.45, 7) is 0.717. The van der Waals surface area contributed by atoms with Crippen LogP contribution in [-0.4, -0.2) is 37.1 Å². The van der Waals surface area contributed by atoms with E-state index in [4.69, 9.17) is 0 Å². The first-order valence-electron chi connectivity index (χ1n) is 2.67. The maximum absolute atomic E-state index is 11.4. The minimum absolute atomic E-state index is 0.505. The van der Waals surface area contributed by atoms with Gasteiger partial charge in [0.1, 0.15) is 0 Å². The van der Waals surface area contributed by atoms with Crippen LogP contribution in [0.25, 0.3) is 0 Å². The summed E-state index contributed by atoms with van der Waals surface area (Å²) in [5.74, 6) is -1.71. The number of nitrogens with zero attached hydrogens (tertiary/aromatic N) is 1. The van der Waals surface area contributed by atoms with Crippen LogP contribution in [0.5, 0.6) is 0 Å². The summed E-state index contributed by atoms with van der Waals surface area (Å²) in [5, 5.41) is 0. The van der Waals surface area contributed by atoms with Gasteiger partial charge in [-0.15, -0.1) is 0 Å². The Morgan fingerprint density at radius 1 is 1.44 bits per heavy atom. The van der Waals surface area contributed by atoms with Crippen LogP contribution in [0.3, 0.4) is 0 Å². The lowest BCUT2D eigenvalue weighted by Gasteiger charge is -2.07. The van der Waals surface area contributed by atoms with Crippen LogP contribution in [-0.2, 0) is 0 Å². The van der Waals surface area contributed by atoms with Crippen LogP contribution in [0.2, 0.25) is 0 Å². The highest BCUT2D eigenvalue weighted by Crippen LogP contribution is 2.12. The molecule has 0 radical (unpaired) electrons. The van der Waals surface area contributed by atoms with Crippen LogP contribution in [0.1, 0.15) is 0 Å². The zero-order valence-corrected chi connectivity index (χ0v) is 6.42. The van der Waals surface area contributed by atoms with E-state index in [0.717, 1.165) is 6.54 Å². The summed E-state index contributed by atoms with van der Waals surface area (Å²) in [6, 6.07) is 0. The molecule has 1 nitrogen and oxygen atoms in total. The van der Waals surface area contributed by atoms with E-state index in [9.17, 15) is 8.78 Å². The van der Waals surface area contributed by atoms with Gasteiger partial charge in [0.05, 0.1) is 0 Å². The molecule has 0 fully saturated rings. The van der Waals surface area contributed by atoms with Crippen molar-refractivity contribution in [3.05, 3.63) is 0 Å². The summed E-state index contributed by atoms with van der Waals surface area (Å²) >= 11 is 0.685. The van der Waals surface area contributed by atoms with Gasteiger partial charge in [0, 0.05) is 12.3 Å². The first kappa shape index (κ1) is 9.17. The lowest BCUT2D eigenvalue weighted by Crippen LogP contribution is -2.15. The lowest BCUT2D eigenvalue weighted by atomic mass is 10.7. The second kappa shape index (κ2) is 4.99. The molecular weight excluding hydrogens is 144 g/mol. The molecule has 0 aliphatic heterocycles. The predicted molar refractivity (Wildman–Crippen MR) is 37.0 cm³/mol. The fraction of sp³-hybridized carbons (Fsp3) is 1.00. The van der Waals surface area contributed by atoms with Crippen LogP contribution in [0, 0.1) is 0 Å². The van der Waals surface area contributed by atoms with Crippen molar-refractivity contribution < 1.29 is 8.78 Å². The fourth-order valence-corrected chi connectivity index (χ4v) is 0.973. The maximum Gasteiger partial charge on any atom is 0.284 e. The van der Waals surface area contributed by atoms with Crippen LogP contribution >= 0.6 is 11.8 Å². The molecule has 0 N–H and O–H groups in total. The molecule has 0 rings (SSSR count). The third-order valence-electron chi connectivity index (χ3n) is 0.782. The van der Waals surface area contributed by atoms with Crippen molar-refractivity contribution >= 4 is 11.8 Å². The molecule has 0 spiro atoms. The fourth-order valence-electron chi connectivity index (χ4n) is 0.324. The molecule has 0 aromatic rings. The number of rotatable bonds is 4. The second-order valence-corrected chi connectivity index (χ2v) is 3.03. The summed E-state index contributed by atoms with van der Waals surface area (Å²) < 4.78 is 22.9. The van der Waals surface area contributed by atoms with Gasteiger partial charge in [-0.05, 0) is 14.1 Å². The van der Waals surface area contributed by atoms with Gasteiger partial charge < -0.3 is 4.90 Å². The van der Waals surface area contributed by atoms with Crippen LogP contribution in [0.15, 0.2) is 0 Å². The van der Waals surface area contributed by atoms with E-state index in [-0.39, 0.29) is 0 Å². The van der Waals surface area contributed by atoms with Crippen LogP contribution in [0.4, 0.5) is 8.78 Å². The molecule has 0 heterocycles. The quantitative estimate of drug-likeness (QED) is 0.605. The third-order valence-corrected chi connectivity index (χ3v) is 1.45. The molecule has 56 valence electrons. The summed E-state index contributed by atoms with van der Waals surface area (Å²) in [4.78, 5) is 1.88. The summed E-state index contributed by atoms with van der Waals surface area (Å²) in [6.07, 6.45) is 0. The van der Waals surface area contributed by atoms with Crippen molar-refractivity contribution in [2.24, 2.45) is 0 Å². The van der Waals surface area contributed by atoms with Crippen molar-refractivity contribution in [2.75, 3.05) is 26.4 Å². The summed E-state index contributed by atoms with van der Waals surface area (Å²) in [5.41, 5.74) is 0. The Hall–Kier alpha value is 0.170. The Morgan fingerprint density at radius 2 is 2.00 bits per heavy atom. The van der Waals surface area contributed by atoms with Gasteiger partial charge >= 0.3 is 0 Å². The molecule has 0 aromatic carbocycles. The number of alkyl halides is 2. The highest BCUT2D eigenvalue weighted by atomic mass is 32.2. The second-order valence-electron chi connectivity index (χ2n) is 1.93. The van der Waals surface area contributed by atoms with Crippen molar-refractivity contribution in [3.8, 4) is 0 Å². The molecule has 0 aliphatic rings. The van der Waals surface area contributed by atoms with Gasteiger partial charge in [-0.3, -0.25) is 0 Å². The van der Waals surface area contributed by atoms with Crippen molar-refractivity contribution in [2.45, 2.75) is 5.76 Å². The zero-order chi connectivity index (χ0) is 7.28. The highest BCUT2D eigenvalue weighted by Gasteiger charge is 2.00. The summed E-state index contributed by atoms with van der Waals surface area (Å²) in [7, 11) is 3.73. The van der Waals surface area contributed by atoms with E-state index in [1.807, 2.05) is 19.0 Å². The Labute approximate surface area is 58.4 Å². The van der Waals surface area contributed by atoms with Gasteiger partial charge in [0.15, 0.2) is 0 Å². The molecule has 0 saturated carbocycles. The Kier molecular flexibility index (Phi) is 5.09. The van der Waals surface area contributed by atoms with Gasteiger partial charge in [0.25, 0.3) is 5.76 Å². The largest absolute Gasteiger partial charge is 0.309 e. The van der Waals surface area contributed by atoms with Crippen molar-refractivity contribution in [1.29, 1.82) is 0 Å². The van der Waals surface area contributed by atoms with E-state index in [2.05, 4.69) is 0 Å². The van der Waals surface area contributed by atoms with E-state index >= 15 is 0 Å². The number of halogens is 2. The Morgan fingerprint density at radius 3 is 2.33 bits per heavy atom. The number of thioether (sulfide) groups is 1. The van der Waals surface area contributed by atoms with Crippen molar-refractivity contribution in [3.63, 3.8) is 0 Å². The molecule has 0 aromatic heterocycles. The zero-order valence-electron chi connectivity index (χ0n) is 5.60.